The number of hydrogen-bond acceptors (Lipinski definition) is 0. The third-order valence-corrected chi connectivity index (χ3v) is 9.99. The van der Waals surface area contributed by atoms with E-state index in [4.69, 9.17) is 0 Å². The molecule has 0 radical (unpaired) electrons. The zero-order valence-corrected chi connectivity index (χ0v) is 26.2. The number of rotatable bonds is 5. The van der Waals surface area contributed by atoms with E-state index in [2.05, 4.69) is 196 Å². The highest BCUT2D eigenvalue weighted by molar-refractivity contribution is 6.09. The van der Waals surface area contributed by atoms with Crippen LogP contribution in [0.15, 0.2) is 176 Å². The minimum absolute atomic E-state index is 0.222. The molecule has 1 aliphatic carbocycles. The lowest BCUT2D eigenvalue weighted by atomic mass is 9.97. The zero-order chi connectivity index (χ0) is 31.6. The van der Waals surface area contributed by atoms with Crippen LogP contribution in [0.25, 0.3) is 67.1 Å². The first-order chi connectivity index (χ1) is 23.8. The standard InChI is InChI=1S/C45H31N3/c1-3-11-33(12-4-1)37-27-28-40-38-15-7-9-17-42(38)47(44(37)40)35-23-19-31(20-24-35)32-21-25-36(26-22-32)48-43-18-10-8-16-39(43)41-29-30-46(45(41)48)34-13-5-2-6-14-34/h1-30,37H. The van der Waals surface area contributed by atoms with Crippen molar-refractivity contribution in [1.29, 1.82) is 0 Å². The van der Waals surface area contributed by atoms with Crippen LogP contribution in [0.3, 0.4) is 0 Å². The predicted molar refractivity (Wildman–Crippen MR) is 200 cm³/mol. The molecule has 0 amide bonds. The van der Waals surface area contributed by atoms with Gasteiger partial charge in [-0.1, -0.05) is 121 Å². The maximum atomic E-state index is 2.46. The van der Waals surface area contributed by atoms with Crippen LogP contribution in [-0.4, -0.2) is 13.7 Å². The van der Waals surface area contributed by atoms with Gasteiger partial charge in [0.15, 0.2) is 0 Å². The summed E-state index contributed by atoms with van der Waals surface area (Å²) in [5, 5.41) is 3.81. The van der Waals surface area contributed by atoms with E-state index in [0.717, 1.165) is 11.4 Å². The molecule has 9 aromatic rings. The van der Waals surface area contributed by atoms with E-state index in [1.165, 1.54) is 66.5 Å². The molecular weight excluding hydrogens is 583 g/mol. The molecule has 226 valence electrons. The molecule has 0 saturated heterocycles. The molecule has 48 heavy (non-hydrogen) atoms. The molecule has 0 saturated carbocycles. The molecule has 3 heterocycles. The lowest BCUT2D eigenvalue weighted by molar-refractivity contribution is 0.918. The average molecular weight is 614 g/mol. The van der Waals surface area contributed by atoms with Crippen molar-refractivity contribution < 1.29 is 0 Å². The van der Waals surface area contributed by atoms with Gasteiger partial charge in [-0.15, -0.1) is 0 Å². The summed E-state index contributed by atoms with van der Waals surface area (Å²) >= 11 is 0. The maximum Gasteiger partial charge on any atom is 0.130 e. The Morgan fingerprint density at radius 1 is 0.417 bits per heavy atom. The minimum Gasteiger partial charge on any atom is -0.312 e. The van der Waals surface area contributed by atoms with Crippen LogP contribution >= 0.6 is 0 Å². The van der Waals surface area contributed by atoms with Gasteiger partial charge in [-0.05, 0) is 71.3 Å². The smallest absolute Gasteiger partial charge is 0.130 e. The summed E-state index contributed by atoms with van der Waals surface area (Å²) in [5.41, 5.74) is 13.5. The van der Waals surface area contributed by atoms with Crippen molar-refractivity contribution in [2.24, 2.45) is 0 Å². The van der Waals surface area contributed by atoms with Crippen molar-refractivity contribution in [3.63, 3.8) is 0 Å². The Bertz CT molecular complexity index is 2630. The zero-order valence-electron chi connectivity index (χ0n) is 26.2. The molecule has 6 aromatic carbocycles. The van der Waals surface area contributed by atoms with Crippen molar-refractivity contribution in [3.05, 3.63) is 193 Å². The Balaban J connectivity index is 1.04. The normalized spacial score (nSPS) is 14.0. The first-order valence-electron chi connectivity index (χ1n) is 16.6. The fourth-order valence-corrected chi connectivity index (χ4v) is 7.79. The fourth-order valence-electron chi connectivity index (χ4n) is 7.79. The molecule has 10 rings (SSSR count). The topological polar surface area (TPSA) is 14.8 Å². The summed E-state index contributed by atoms with van der Waals surface area (Å²) in [6.07, 6.45) is 6.83. The van der Waals surface area contributed by atoms with E-state index in [1.54, 1.807) is 0 Å². The van der Waals surface area contributed by atoms with Gasteiger partial charge in [-0.3, -0.25) is 4.57 Å². The third kappa shape index (κ3) is 4.01. The van der Waals surface area contributed by atoms with Crippen molar-refractivity contribution >= 4 is 38.9 Å². The second-order valence-electron chi connectivity index (χ2n) is 12.6. The Morgan fingerprint density at radius 3 is 1.67 bits per heavy atom. The van der Waals surface area contributed by atoms with Crippen LogP contribution in [0.2, 0.25) is 0 Å². The van der Waals surface area contributed by atoms with Crippen LogP contribution < -0.4 is 0 Å². The van der Waals surface area contributed by atoms with Gasteiger partial charge in [0.05, 0.1) is 11.0 Å². The number of para-hydroxylation sites is 3. The maximum absolute atomic E-state index is 2.46. The molecule has 1 aliphatic rings. The summed E-state index contributed by atoms with van der Waals surface area (Å²) in [7, 11) is 0. The van der Waals surface area contributed by atoms with Crippen LogP contribution in [0.4, 0.5) is 0 Å². The Morgan fingerprint density at radius 2 is 0.979 bits per heavy atom. The van der Waals surface area contributed by atoms with Crippen molar-refractivity contribution in [2.75, 3.05) is 0 Å². The SMILES string of the molecule is C1=CC(c2ccccc2)c2c1c1ccccc1n2-c1ccc(-c2ccc(-n3c4ccccc4c4ccn(-c5ccccc5)c43)cc2)cc1. The van der Waals surface area contributed by atoms with E-state index in [-0.39, 0.29) is 5.92 Å². The molecule has 0 N–H and O–H groups in total. The molecule has 3 aromatic heterocycles. The monoisotopic (exact) mass is 613 g/mol. The highest BCUT2D eigenvalue weighted by atomic mass is 15.1. The highest BCUT2D eigenvalue weighted by Crippen LogP contribution is 2.43. The van der Waals surface area contributed by atoms with E-state index >= 15 is 0 Å². The van der Waals surface area contributed by atoms with E-state index in [0.29, 0.717) is 0 Å². The van der Waals surface area contributed by atoms with Gasteiger partial charge in [-0.25, -0.2) is 0 Å². The summed E-state index contributed by atoms with van der Waals surface area (Å²) in [6.45, 7) is 0. The number of benzene rings is 6. The first-order valence-corrected chi connectivity index (χ1v) is 16.6. The lowest BCUT2D eigenvalue weighted by Crippen LogP contribution is -2.05. The molecule has 3 heteroatoms. The van der Waals surface area contributed by atoms with Gasteiger partial charge >= 0.3 is 0 Å². The Hall–Kier alpha value is -6.32. The largest absolute Gasteiger partial charge is 0.312 e. The molecule has 1 atom stereocenters. The van der Waals surface area contributed by atoms with Gasteiger partial charge in [0, 0.05) is 56.6 Å². The van der Waals surface area contributed by atoms with E-state index in [9.17, 15) is 0 Å². The molecule has 0 aliphatic heterocycles. The second kappa shape index (κ2) is 10.6. The third-order valence-electron chi connectivity index (χ3n) is 9.99. The van der Waals surface area contributed by atoms with Gasteiger partial charge in [0.25, 0.3) is 0 Å². The molecule has 0 fully saturated rings. The highest BCUT2D eigenvalue weighted by Gasteiger charge is 2.27. The number of aromatic nitrogens is 3. The fraction of sp³-hybridized carbons (Fsp3) is 0.0222. The number of allylic oxidation sites excluding steroid dienone is 1. The van der Waals surface area contributed by atoms with Gasteiger partial charge in [-0.2, -0.15) is 0 Å². The average Bonchev–Trinajstić information content (AvgIpc) is 3.93. The molecule has 0 bridgehead atoms. The molecular formula is C45H31N3. The van der Waals surface area contributed by atoms with Crippen molar-refractivity contribution in [3.8, 4) is 28.2 Å². The number of fused-ring (bicyclic) bond motifs is 6. The molecule has 0 spiro atoms. The summed E-state index contributed by atoms with van der Waals surface area (Å²) < 4.78 is 7.14. The van der Waals surface area contributed by atoms with Crippen molar-refractivity contribution in [1.82, 2.24) is 13.7 Å². The lowest BCUT2D eigenvalue weighted by Gasteiger charge is -2.17. The number of nitrogens with zero attached hydrogens (tertiary/aromatic N) is 3. The van der Waals surface area contributed by atoms with Crippen LogP contribution in [0, 0.1) is 0 Å². The van der Waals surface area contributed by atoms with Crippen LogP contribution in [-0.2, 0) is 0 Å². The summed E-state index contributed by atoms with van der Waals surface area (Å²) in [6, 6.07) is 59.2. The van der Waals surface area contributed by atoms with E-state index < -0.39 is 0 Å². The Labute approximate surface area is 278 Å². The first kappa shape index (κ1) is 26.9. The minimum atomic E-state index is 0.222. The van der Waals surface area contributed by atoms with Gasteiger partial charge in [0.1, 0.15) is 5.65 Å². The number of hydrogen-bond donors (Lipinski definition) is 0. The van der Waals surface area contributed by atoms with Gasteiger partial charge in [0.2, 0.25) is 0 Å². The predicted octanol–water partition coefficient (Wildman–Crippen LogP) is 11.3. The van der Waals surface area contributed by atoms with Crippen molar-refractivity contribution in [2.45, 2.75) is 5.92 Å². The summed E-state index contributed by atoms with van der Waals surface area (Å²) in [5.74, 6) is 0.222. The quantitative estimate of drug-likeness (QED) is 0.183. The van der Waals surface area contributed by atoms with Crippen LogP contribution in [0.1, 0.15) is 22.7 Å². The Kier molecular flexibility index (Phi) is 5.94. The molecule has 3 nitrogen and oxygen atoms in total. The van der Waals surface area contributed by atoms with E-state index in [1.807, 2.05) is 0 Å². The molecule has 1 unspecified atom stereocenters. The summed E-state index contributed by atoms with van der Waals surface area (Å²) in [4.78, 5) is 0. The van der Waals surface area contributed by atoms with Crippen LogP contribution in [0.5, 0.6) is 0 Å². The van der Waals surface area contributed by atoms with Gasteiger partial charge < -0.3 is 9.13 Å². The second-order valence-corrected chi connectivity index (χ2v) is 12.6.